The number of benzene rings is 11. The molecule has 0 aliphatic carbocycles. The van der Waals surface area contributed by atoms with E-state index in [1.165, 1.54) is 54.5 Å². The molecule has 65 heavy (non-hydrogen) atoms. The third kappa shape index (κ3) is 6.05. The van der Waals surface area contributed by atoms with E-state index in [-0.39, 0.29) is 0 Å². The maximum absolute atomic E-state index is 6.96. The van der Waals surface area contributed by atoms with E-state index in [2.05, 4.69) is 252 Å². The number of nitrogens with zero attached hydrogens (tertiary/aromatic N) is 2. The lowest BCUT2D eigenvalue weighted by Gasteiger charge is -2.28. The van der Waals surface area contributed by atoms with E-state index in [1.54, 1.807) is 0 Å². The Kier molecular flexibility index (Phi) is 8.53. The molecule has 11 aromatic carbocycles. The molecule has 0 saturated heterocycles. The number of hydrogen-bond donors (Lipinski definition) is 0. The van der Waals surface area contributed by atoms with E-state index >= 15 is 0 Å². The Balaban J connectivity index is 1.01. The maximum Gasteiger partial charge on any atom is 0.145 e. The van der Waals surface area contributed by atoms with E-state index in [1.807, 2.05) is 0 Å². The Labute approximate surface area is 376 Å². The molecule has 0 aliphatic rings. The second-order valence-electron chi connectivity index (χ2n) is 16.8. The van der Waals surface area contributed by atoms with Crippen LogP contribution < -0.4 is 4.90 Å². The van der Waals surface area contributed by atoms with Crippen molar-refractivity contribution in [3.05, 3.63) is 243 Å². The minimum Gasteiger partial charge on any atom is -0.455 e. The normalized spacial score (nSPS) is 11.7. The largest absolute Gasteiger partial charge is 0.455 e. The minimum absolute atomic E-state index is 0.854. The topological polar surface area (TPSA) is 21.3 Å². The van der Waals surface area contributed by atoms with Gasteiger partial charge in [0.2, 0.25) is 0 Å². The first-order valence-corrected chi connectivity index (χ1v) is 22.2. The quantitative estimate of drug-likeness (QED) is 0.149. The summed E-state index contributed by atoms with van der Waals surface area (Å²) >= 11 is 0. The zero-order valence-electron chi connectivity index (χ0n) is 35.4. The Morgan fingerprint density at radius 3 is 1.65 bits per heavy atom. The summed E-state index contributed by atoms with van der Waals surface area (Å²) in [5.74, 6) is 0. The zero-order chi connectivity index (χ0) is 42.8. The molecule has 0 bridgehead atoms. The lowest BCUT2D eigenvalue weighted by Crippen LogP contribution is -2.11. The van der Waals surface area contributed by atoms with Crippen molar-refractivity contribution >= 4 is 82.4 Å². The number of fused-ring (bicyclic) bond motifs is 9. The molecule has 0 saturated carbocycles. The summed E-state index contributed by atoms with van der Waals surface area (Å²) in [5.41, 5.74) is 15.2. The van der Waals surface area contributed by atoms with Crippen LogP contribution >= 0.6 is 0 Å². The highest BCUT2D eigenvalue weighted by Crippen LogP contribution is 2.48. The molecule has 304 valence electrons. The maximum atomic E-state index is 6.96. The van der Waals surface area contributed by atoms with Gasteiger partial charge < -0.3 is 13.9 Å². The van der Waals surface area contributed by atoms with Gasteiger partial charge >= 0.3 is 0 Å². The smallest absolute Gasteiger partial charge is 0.145 e. The molecule has 0 unspecified atom stereocenters. The first kappa shape index (κ1) is 36.9. The molecule has 0 aliphatic heterocycles. The number of furan rings is 1. The van der Waals surface area contributed by atoms with Gasteiger partial charge in [0, 0.05) is 38.8 Å². The Hall–Kier alpha value is -8.66. The minimum atomic E-state index is 0.854. The van der Waals surface area contributed by atoms with Crippen molar-refractivity contribution in [1.29, 1.82) is 0 Å². The molecule has 3 nitrogen and oxygen atoms in total. The van der Waals surface area contributed by atoms with Gasteiger partial charge in [0.1, 0.15) is 11.2 Å². The summed E-state index contributed by atoms with van der Waals surface area (Å²) < 4.78 is 9.33. The van der Waals surface area contributed by atoms with E-state index in [9.17, 15) is 0 Å². The number of hydrogen-bond acceptors (Lipinski definition) is 2. The highest BCUT2D eigenvalue weighted by molar-refractivity contribution is 6.18. The van der Waals surface area contributed by atoms with Crippen LogP contribution in [0.5, 0.6) is 0 Å². The van der Waals surface area contributed by atoms with Crippen LogP contribution in [0.2, 0.25) is 0 Å². The molecule has 2 aromatic heterocycles. The van der Waals surface area contributed by atoms with Crippen LogP contribution in [0.1, 0.15) is 0 Å². The van der Waals surface area contributed by atoms with E-state index in [4.69, 9.17) is 4.42 Å². The lowest BCUT2D eigenvalue weighted by molar-refractivity contribution is 0.670. The third-order valence-corrected chi connectivity index (χ3v) is 13.2. The first-order valence-electron chi connectivity index (χ1n) is 22.2. The van der Waals surface area contributed by atoms with Crippen molar-refractivity contribution in [2.45, 2.75) is 0 Å². The van der Waals surface area contributed by atoms with Crippen molar-refractivity contribution in [2.24, 2.45) is 0 Å². The molecule has 0 fully saturated rings. The molecule has 0 spiro atoms. The average molecular weight is 829 g/mol. The van der Waals surface area contributed by atoms with Crippen LogP contribution in [-0.4, -0.2) is 4.57 Å². The van der Waals surface area contributed by atoms with Gasteiger partial charge in [0.05, 0.1) is 22.1 Å². The number of rotatable bonds is 7. The van der Waals surface area contributed by atoms with Gasteiger partial charge in [-0.2, -0.15) is 0 Å². The number of anilines is 3. The van der Waals surface area contributed by atoms with Gasteiger partial charge in [0.25, 0.3) is 0 Å². The summed E-state index contributed by atoms with van der Waals surface area (Å²) in [6.07, 6.45) is 0. The highest BCUT2D eigenvalue weighted by atomic mass is 16.3. The second-order valence-corrected chi connectivity index (χ2v) is 16.8. The fourth-order valence-corrected chi connectivity index (χ4v) is 10.2. The van der Waals surface area contributed by atoms with Gasteiger partial charge in [-0.15, -0.1) is 0 Å². The Bertz CT molecular complexity index is 3900. The summed E-state index contributed by atoms with van der Waals surface area (Å²) in [7, 11) is 0. The number of para-hydroxylation sites is 3. The summed E-state index contributed by atoms with van der Waals surface area (Å²) in [6, 6.07) is 87.6. The molecule has 2 heterocycles. The number of aromatic nitrogens is 1. The van der Waals surface area contributed by atoms with Crippen LogP contribution in [0.3, 0.4) is 0 Å². The Morgan fingerprint density at radius 2 is 0.908 bits per heavy atom. The molecule has 3 heteroatoms. The molecule has 13 rings (SSSR count). The average Bonchev–Trinajstić information content (AvgIpc) is 3.94. The van der Waals surface area contributed by atoms with Gasteiger partial charge in [-0.1, -0.05) is 170 Å². The highest BCUT2D eigenvalue weighted by Gasteiger charge is 2.23. The predicted molar refractivity (Wildman–Crippen MR) is 274 cm³/mol. The van der Waals surface area contributed by atoms with Crippen molar-refractivity contribution < 1.29 is 4.42 Å². The van der Waals surface area contributed by atoms with Crippen LogP contribution in [-0.2, 0) is 0 Å². The van der Waals surface area contributed by atoms with Gasteiger partial charge in [-0.05, 0) is 122 Å². The van der Waals surface area contributed by atoms with E-state index in [0.717, 1.165) is 66.9 Å². The molecular formula is C62H40N2O. The molecule has 0 atom stereocenters. The Morgan fingerprint density at radius 1 is 0.338 bits per heavy atom. The van der Waals surface area contributed by atoms with Crippen LogP contribution in [0.15, 0.2) is 247 Å². The standard InChI is InChI=1S/C62H40N2O/c1-2-16-41(17-3-1)43-19-14-21-47(38-43)63(48-22-15-20-44(39-48)56-40-45-18-4-5-23-49(45)51-24-6-7-25-52(51)56)59-37-36-50(62-61(59)55-28-10-13-31-60(55)65-62)42-32-34-46(35-33-42)64-57-29-11-8-26-53(57)54-27-9-12-30-58(54)64/h1-40H. The van der Waals surface area contributed by atoms with Gasteiger partial charge in [-0.3, -0.25) is 0 Å². The third-order valence-electron chi connectivity index (χ3n) is 13.2. The van der Waals surface area contributed by atoms with Crippen molar-refractivity contribution in [3.63, 3.8) is 0 Å². The van der Waals surface area contributed by atoms with E-state index in [0.29, 0.717) is 0 Å². The van der Waals surface area contributed by atoms with Crippen molar-refractivity contribution in [2.75, 3.05) is 4.90 Å². The molecule has 0 amide bonds. The van der Waals surface area contributed by atoms with Crippen LogP contribution in [0.25, 0.3) is 104 Å². The first-order chi connectivity index (χ1) is 32.2. The summed E-state index contributed by atoms with van der Waals surface area (Å²) in [5, 5.41) is 9.62. The monoisotopic (exact) mass is 828 g/mol. The predicted octanol–water partition coefficient (Wildman–Crippen LogP) is 17.5. The van der Waals surface area contributed by atoms with Gasteiger partial charge in [0.15, 0.2) is 0 Å². The van der Waals surface area contributed by atoms with Crippen LogP contribution in [0.4, 0.5) is 17.1 Å². The molecule has 0 N–H and O–H groups in total. The summed E-state index contributed by atoms with van der Waals surface area (Å²) in [4.78, 5) is 2.42. The van der Waals surface area contributed by atoms with Crippen molar-refractivity contribution in [3.8, 4) is 39.1 Å². The van der Waals surface area contributed by atoms with Gasteiger partial charge in [-0.25, -0.2) is 0 Å². The van der Waals surface area contributed by atoms with Crippen molar-refractivity contribution in [1.82, 2.24) is 4.57 Å². The SMILES string of the molecule is c1ccc(-c2cccc(N(c3cccc(-c4cc5ccccc5c5ccccc45)c3)c3ccc(-c4ccc(-n5c6ccccc6c6ccccc65)cc4)c4oc5ccccc5c34)c2)cc1. The zero-order valence-corrected chi connectivity index (χ0v) is 35.4. The van der Waals surface area contributed by atoms with E-state index < -0.39 is 0 Å². The molecule has 0 radical (unpaired) electrons. The molecular weight excluding hydrogens is 789 g/mol. The fraction of sp³-hybridized carbons (Fsp3) is 0. The second kappa shape index (κ2) is 15.0. The fourth-order valence-electron chi connectivity index (χ4n) is 10.2. The lowest BCUT2D eigenvalue weighted by atomic mass is 9.93. The molecule has 13 aromatic rings. The summed E-state index contributed by atoms with van der Waals surface area (Å²) in [6.45, 7) is 0. The van der Waals surface area contributed by atoms with Crippen LogP contribution in [0, 0.1) is 0 Å².